The predicted octanol–water partition coefficient (Wildman–Crippen LogP) is 1.79. The minimum absolute atomic E-state index is 0.0200. The molecule has 7 heteroatoms. The quantitative estimate of drug-likeness (QED) is 0.838. The molecule has 0 bridgehead atoms. The molecule has 0 aliphatic carbocycles. The van der Waals surface area contributed by atoms with E-state index in [1.807, 2.05) is 0 Å². The summed E-state index contributed by atoms with van der Waals surface area (Å²) in [5.74, 6) is -0.797. The molecule has 0 aliphatic heterocycles. The fraction of sp³-hybridized carbons (Fsp3) is 0.167. The summed E-state index contributed by atoms with van der Waals surface area (Å²) in [7, 11) is -3.96. The van der Waals surface area contributed by atoms with Gasteiger partial charge in [0.2, 0.25) is 10.0 Å². The normalized spacial score (nSPS) is 11.7. The number of furan rings is 1. The molecule has 2 aromatic rings. The Bertz CT molecular complexity index is 681. The lowest BCUT2D eigenvalue weighted by Crippen LogP contribution is -2.24. The Balaban J connectivity index is 2.29. The van der Waals surface area contributed by atoms with Crippen molar-refractivity contribution in [2.45, 2.75) is 18.4 Å². The van der Waals surface area contributed by atoms with Crippen LogP contribution in [0.1, 0.15) is 11.1 Å². The molecule has 5 nitrogen and oxygen atoms in total. The number of hydrogen-bond donors (Lipinski definition) is 2. The zero-order valence-corrected chi connectivity index (χ0v) is 11.0. The number of anilines is 1. The van der Waals surface area contributed by atoms with Crippen LogP contribution in [0.2, 0.25) is 0 Å². The van der Waals surface area contributed by atoms with Crippen molar-refractivity contribution in [3.63, 3.8) is 0 Å². The Morgan fingerprint density at radius 2 is 2.16 bits per heavy atom. The van der Waals surface area contributed by atoms with Crippen LogP contribution < -0.4 is 10.5 Å². The minimum atomic E-state index is -3.96. The topological polar surface area (TPSA) is 85.3 Å². The predicted molar refractivity (Wildman–Crippen MR) is 68.3 cm³/mol. The molecule has 1 heterocycles. The molecule has 3 N–H and O–H groups in total. The van der Waals surface area contributed by atoms with Gasteiger partial charge in [0.05, 0.1) is 12.5 Å². The van der Waals surface area contributed by atoms with E-state index >= 15 is 0 Å². The molecule has 0 amide bonds. The Morgan fingerprint density at radius 1 is 1.42 bits per heavy atom. The zero-order valence-electron chi connectivity index (χ0n) is 10.2. The van der Waals surface area contributed by atoms with Gasteiger partial charge in [0.1, 0.15) is 10.7 Å². The fourth-order valence-corrected chi connectivity index (χ4v) is 2.81. The van der Waals surface area contributed by atoms with Crippen LogP contribution in [0.15, 0.2) is 40.0 Å². The number of benzene rings is 1. The summed E-state index contributed by atoms with van der Waals surface area (Å²) >= 11 is 0. The van der Waals surface area contributed by atoms with Crippen molar-refractivity contribution in [3.8, 4) is 0 Å². The summed E-state index contributed by atoms with van der Waals surface area (Å²) < 4.78 is 45.0. The zero-order chi connectivity index (χ0) is 14.0. The number of nitrogens with one attached hydrogen (secondary N) is 1. The van der Waals surface area contributed by atoms with E-state index in [0.29, 0.717) is 5.56 Å². The molecule has 2 rings (SSSR count). The summed E-state index contributed by atoms with van der Waals surface area (Å²) in [6, 6.07) is 4.09. The van der Waals surface area contributed by atoms with Crippen molar-refractivity contribution < 1.29 is 17.2 Å². The van der Waals surface area contributed by atoms with Crippen LogP contribution in [0, 0.1) is 12.7 Å². The van der Waals surface area contributed by atoms with Gasteiger partial charge in [-0.25, -0.2) is 17.5 Å². The van der Waals surface area contributed by atoms with Crippen LogP contribution in [-0.2, 0) is 16.6 Å². The van der Waals surface area contributed by atoms with Crippen LogP contribution in [-0.4, -0.2) is 8.42 Å². The van der Waals surface area contributed by atoms with Gasteiger partial charge in [-0.2, -0.15) is 0 Å². The number of nitrogens with two attached hydrogens (primary N) is 1. The van der Waals surface area contributed by atoms with E-state index in [4.69, 9.17) is 10.2 Å². The molecule has 0 saturated carbocycles. The van der Waals surface area contributed by atoms with Crippen LogP contribution >= 0.6 is 0 Å². The van der Waals surface area contributed by atoms with Crippen molar-refractivity contribution in [2.75, 3.05) is 5.73 Å². The van der Waals surface area contributed by atoms with Crippen LogP contribution in [0.5, 0.6) is 0 Å². The number of halogens is 1. The van der Waals surface area contributed by atoms with Gasteiger partial charge < -0.3 is 10.2 Å². The highest BCUT2D eigenvalue weighted by Gasteiger charge is 2.21. The molecule has 0 saturated heterocycles. The minimum Gasteiger partial charge on any atom is -0.472 e. The molecule has 19 heavy (non-hydrogen) atoms. The van der Waals surface area contributed by atoms with E-state index in [9.17, 15) is 12.8 Å². The Morgan fingerprint density at radius 3 is 2.79 bits per heavy atom. The third kappa shape index (κ3) is 2.94. The maximum absolute atomic E-state index is 13.8. The van der Waals surface area contributed by atoms with Crippen molar-refractivity contribution in [1.29, 1.82) is 0 Å². The van der Waals surface area contributed by atoms with E-state index < -0.39 is 20.7 Å². The standard InChI is InChI=1S/C12H13FN2O3S/c1-8-4-10(14)5-11(12(8)13)19(16,17)15-6-9-2-3-18-7-9/h2-5,7,15H,6,14H2,1H3. The first-order valence-corrected chi connectivity index (χ1v) is 6.95. The van der Waals surface area contributed by atoms with Crippen molar-refractivity contribution in [3.05, 3.63) is 47.7 Å². The second-order valence-corrected chi connectivity index (χ2v) is 5.84. The van der Waals surface area contributed by atoms with Gasteiger partial charge in [-0.15, -0.1) is 0 Å². The second kappa shape index (κ2) is 5.02. The van der Waals surface area contributed by atoms with Crippen LogP contribution in [0.4, 0.5) is 10.1 Å². The molecule has 0 atom stereocenters. The third-order valence-electron chi connectivity index (χ3n) is 2.58. The van der Waals surface area contributed by atoms with Crippen LogP contribution in [0.25, 0.3) is 0 Å². The molecule has 0 aliphatic rings. The average molecular weight is 284 g/mol. The summed E-state index contributed by atoms with van der Waals surface area (Å²) in [5.41, 5.74) is 6.57. The molecule has 1 aromatic carbocycles. The van der Waals surface area contributed by atoms with Gasteiger partial charge >= 0.3 is 0 Å². The first-order chi connectivity index (χ1) is 8.90. The van der Waals surface area contributed by atoms with Crippen molar-refractivity contribution in [2.24, 2.45) is 0 Å². The van der Waals surface area contributed by atoms with Crippen molar-refractivity contribution >= 4 is 15.7 Å². The SMILES string of the molecule is Cc1cc(N)cc(S(=O)(=O)NCc2ccoc2)c1F. The van der Waals surface area contributed by atoms with E-state index in [1.54, 1.807) is 6.07 Å². The van der Waals surface area contributed by atoms with Gasteiger partial charge in [0.25, 0.3) is 0 Å². The maximum Gasteiger partial charge on any atom is 0.243 e. The Hall–Kier alpha value is -1.86. The lowest BCUT2D eigenvalue weighted by Gasteiger charge is -2.09. The Labute approximate surface area is 110 Å². The molecule has 0 spiro atoms. The van der Waals surface area contributed by atoms with Crippen molar-refractivity contribution in [1.82, 2.24) is 4.72 Å². The number of nitrogen functional groups attached to an aromatic ring is 1. The molecule has 0 unspecified atom stereocenters. The van der Waals surface area contributed by atoms with Gasteiger partial charge in [0, 0.05) is 17.8 Å². The first-order valence-electron chi connectivity index (χ1n) is 5.46. The van der Waals surface area contributed by atoms with Crippen LogP contribution in [0.3, 0.4) is 0 Å². The summed E-state index contributed by atoms with van der Waals surface area (Å²) in [6.45, 7) is 1.48. The average Bonchev–Trinajstić information content (AvgIpc) is 2.84. The maximum atomic E-state index is 13.8. The van der Waals surface area contributed by atoms with Gasteiger partial charge in [0.15, 0.2) is 0 Å². The molecular weight excluding hydrogens is 271 g/mol. The number of aryl methyl sites for hydroxylation is 1. The number of sulfonamides is 1. The molecule has 1 aromatic heterocycles. The Kier molecular flexibility index (Phi) is 3.59. The highest BCUT2D eigenvalue weighted by Crippen LogP contribution is 2.21. The van der Waals surface area contributed by atoms with E-state index in [0.717, 1.165) is 6.07 Å². The molecule has 0 fully saturated rings. The first kappa shape index (κ1) is 13.6. The molecule has 0 radical (unpaired) electrons. The smallest absolute Gasteiger partial charge is 0.243 e. The fourth-order valence-electron chi connectivity index (χ4n) is 1.61. The lowest BCUT2D eigenvalue weighted by atomic mass is 10.2. The number of rotatable bonds is 4. The third-order valence-corrected chi connectivity index (χ3v) is 3.98. The highest BCUT2D eigenvalue weighted by molar-refractivity contribution is 7.89. The van der Waals surface area contributed by atoms with E-state index in [-0.39, 0.29) is 17.8 Å². The number of hydrogen-bond acceptors (Lipinski definition) is 4. The van der Waals surface area contributed by atoms with Gasteiger partial charge in [-0.3, -0.25) is 0 Å². The lowest BCUT2D eigenvalue weighted by molar-refractivity contribution is 0.550. The second-order valence-electron chi connectivity index (χ2n) is 4.11. The highest BCUT2D eigenvalue weighted by atomic mass is 32.2. The van der Waals surface area contributed by atoms with E-state index in [1.165, 1.54) is 25.5 Å². The summed E-state index contributed by atoms with van der Waals surface area (Å²) in [4.78, 5) is -0.450. The summed E-state index contributed by atoms with van der Waals surface area (Å²) in [6.07, 6.45) is 2.83. The van der Waals surface area contributed by atoms with Gasteiger partial charge in [-0.1, -0.05) is 0 Å². The summed E-state index contributed by atoms with van der Waals surface area (Å²) in [5, 5.41) is 0. The monoisotopic (exact) mass is 284 g/mol. The van der Waals surface area contributed by atoms with Gasteiger partial charge in [-0.05, 0) is 30.7 Å². The molecule has 102 valence electrons. The molecular formula is C12H13FN2O3S. The largest absolute Gasteiger partial charge is 0.472 e. The van der Waals surface area contributed by atoms with E-state index in [2.05, 4.69) is 4.72 Å².